The molecule has 5 nitrogen and oxygen atoms in total. The average Bonchev–Trinajstić information content (AvgIpc) is 3.22. The summed E-state index contributed by atoms with van der Waals surface area (Å²) in [5.41, 5.74) is 3.34. The lowest BCUT2D eigenvalue weighted by Crippen LogP contribution is -2.34. The summed E-state index contributed by atoms with van der Waals surface area (Å²) in [5.74, 6) is 0.713. The van der Waals surface area contributed by atoms with Crippen LogP contribution in [0.5, 0.6) is 0 Å². The van der Waals surface area contributed by atoms with Crippen LogP contribution in [0.4, 0.5) is 0 Å². The van der Waals surface area contributed by atoms with Crippen LogP contribution in [0.3, 0.4) is 0 Å². The van der Waals surface area contributed by atoms with Gasteiger partial charge in [0.25, 0.3) is 0 Å². The molecule has 1 N–H and O–H groups in total. The van der Waals surface area contributed by atoms with E-state index in [-0.39, 0.29) is 11.9 Å². The van der Waals surface area contributed by atoms with Crippen LogP contribution < -0.4 is 5.32 Å². The lowest BCUT2D eigenvalue weighted by Gasteiger charge is -2.27. The fourth-order valence-electron chi connectivity index (χ4n) is 3.44. The highest BCUT2D eigenvalue weighted by Crippen LogP contribution is 2.28. The minimum atomic E-state index is 0.00853. The second kappa shape index (κ2) is 10.3. The van der Waals surface area contributed by atoms with Crippen LogP contribution in [0.1, 0.15) is 43.9 Å². The Labute approximate surface area is 176 Å². The Hall–Kier alpha value is -2.60. The SMILES string of the molecule is CCC(CC)C(NC(=O)CSc1nncn1-c1ccc(C)cc1)c1ccccc1. The zero-order valence-electron chi connectivity index (χ0n) is 17.2. The first-order valence-corrected chi connectivity index (χ1v) is 11.0. The molecule has 1 atom stereocenters. The van der Waals surface area contributed by atoms with E-state index in [1.54, 1.807) is 6.33 Å². The highest BCUT2D eigenvalue weighted by atomic mass is 32.2. The van der Waals surface area contributed by atoms with Crippen molar-refractivity contribution >= 4 is 17.7 Å². The highest BCUT2D eigenvalue weighted by molar-refractivity contribution is 7.99. The van der Waals surface area contributed by atoms with Crippen molar-refractivity contribution in [1.82, 2.24) is 20.1 Å². The number of hydrogen-bond acceptors (Lipinski definition) is 4. The maximum Gasteiger partial charge on any atom is 0.230 e. The molecule has 6 heteroatoms. The smallest absolute Gasteiger partial charge is 0.230 e. The van der Waals surface area contributed by atoms with Crippen molar-refractivity contribution in [3.63, 3.8) is 0 Å². The third-order valence-corrected chi connectivity index (χ3v) is 6.10. The summed E-state index contributed by atoms with van der Waals surface area (Å²) >= 11 is 1.40. The van der Waals surface area contributed by atoms with E-state index in [1.165, 1.54) is 17.3 Å². The summed E-state index contributed by atoms with van der Waals surface area (Å²) in [7, 11) is 0. The molecule has 0 radical (unpaired) electrons. The molecule has 0 aliphatic rings. The summed E-state index contributed by atoms with van der Waals surface area (Å²) in [4.78, 5) is 12.8. The number of rotatable bonds is 9. The molecular weight excluding hydrogens is 380 g/mol. The number of nitrogens with one attached hydrogen (secondary N) is 1. The molecule has 1 heterocycles. The monoisotopic (exact) mass is 408 g/mol. The Bertz CT molecular complexity index is 904. The van der Waals surface area contributed by atoms with Crippen molar-refractivity contribution in [3.8, 4) is 5.69 Å². The Kier molecular flexibility index (Phi) is 7.47. The topological polar surface area (TPSA) is 59.8 Å². The molecule has 0 aliphatic heterocycles. The Balaban J connectivity index is 1.67. The molecule has 152 valence electrons. The number of carbonyl (C=O) groups is 1. The molecule has 3 rings (SSSR count). The third-order valence-electron chi connectivity index (χ3n) is 5.16. The molecule has 0 spiro atoms. The van der Waals surface area contributed by atoms with Crippen molar-refractivity contribution < 1.29 is 4.79 Å². The number of aromatic nitrogens is 3. The molecule has 1 amide bonds. The van der Waals surface area contributed by atoms with Gasteiger partial charge in [-0.15, -0.1) is 10.2 Å². The minimum absolute atomic E-state index is 0.00853. The van der Waals surface area contributed by atoms with Gasteiger partial charge in [0.2, 0.25) is 5.91 Å². The first kappa shape index (κ1) is 21.1. The van der Waals surface area contributed by atoms with Crippen LogP contribution >= 0.6 is 11.8 Å². The third kappa shape index (κ3) is 5.48. The van der Waals surface area contributed by atoms with Gasteiger partial charge in [-0.3, -0.25) is 9.36 Å². The second-order valence-corrected chi connectivity index (χ2v) is 8.08. The van der Waals surface area contributed by atoms with Crippen molar-refractivity contribution in [2.75, 3.05) is 5.75 Å². The highest BCUT2D eigenvalue weighted by Gasteiger charge is 2.22. The summed E-state index contributed by atoms with van der Waals surface area (Å²) < 4.78 is 1.91. The van der Waals surface area contributed by atoms with Crippen molar-refractivity contribution in [1.29, 1.82) is 0 Å². The molecule has 0 saturated heterocycles. The van der Waals surface area contributed by atoms with E-state index < -0.39 is 0 Å². The maximum absolute atomic E-state index is 12.8. The van der Waals surface area contributed by atoms with Crippen LogP contribution in [0.25, 0.3) is 5.69 Å². The molecule has 0 fully saturated rings. The lowest BCUT2D eigenvalue weighted by molar-refractivity contribution is -0.119. The van der Waals surface area contributed by atoms with Gasteiger partial charge in [-0.1, -0.05) is 86.5 Å². The van der Waals surface area contributed by atoms with E-state index in [9.17, 15) is 4.79 Å². The van der Waals surface area contributed by atoms with Gasteiger partial charge in [0.1, 0.15) is 6.33 Å². The number of thioether (sulfide) groups is 1. The number of amides is 1. The van der Waals surface area contributed by atoms with E-state index in [4.69, 9.17) is 0 Å². The van der Waals surface area contributed by atoms with Gasteiger partial charge in [-0.25, -0.2) is 0 Å². The van der Waals surface area contributed by atoms with Crippen molar-refractivity contribution in [2.24, 2.45) is 5.92 Å². The predicted octanol–water partition coefficient (Wildman–Crippen LogP) is 4.96. The van der Waals surface area contributed by atoms with Gasteiger partial charge >= 0.3 is 0 Å². The van der Waals surface area contributed by atoms with Crippen molar-refractivity contribution in [2.45, 2.75) is 44.8 Å². The second-order valence-electron chi connectivity index (χ2n) is 7.14. The summed E-state index contributed by atoms with van der Waals surface area (Å²) in [6.07, 6.45) is 3.72. The minimum Gasteiger partial charge on any atom is -0.348 e. The fourth-order valence-corrected chi connectivity index (χ4v) is 4.18. The van der Waals surface area contributed by atoms with E-state index in [0.717, 1.165) is 24.1 Å². The molecule has 3 aromatic rings. The fraction of sp³-hybridized carbons (Fsp3) is 0.348. The zero-order chi connectivity index (χ0) is 20.6. The number of benzene rings is 2. The number of hydrogen-bond donors (Lipinski definition) is 1. The quantitative estimate of drug-likeness (QED) is 0.508. The first-order chi connectivity index (χ1) is 14.1. The Morgan fingerprint density at radius 2 is 1.76 bits per heavy atom. The number of carbonyl (C=O) groups excluding carboxylic acids is 1. The van der Waals surface area contributed by atoms with Crippen molar-refractivity contribution in [3.05, 3.63) is 72.1 Å². The standard InChI is InChI=1S/C23H28N4OS/c1-4-18(5-2)22(19-9-7-6-8-10-19)25-21(28)15-29-23-26-24-16-27(23)20-13-11-17(3)12-14-20/h6-14,16,18,22H,4-5,15H2,1-3H3,(H,25,28). The maximum atomic E-state index is 12.8. The molecule has 29 heavy (non-hydrogen) atoms. The van der Waals surface area contributed by atoms with Gasteiger partial charge in [-0.05, 0) is 30.5 Å². The molecule has 1 unspecified atom stereocenters. The summed E-state index contributed by atoms with van der Waals surface area (Å²) in [6, 6.07) is 18.4. The van der Waals surface area contributed by atoms with Crippen LogP contribution in [-0.4, -0.2) is 26.4 Å². The van der Waals surface area contributed by atoms with E-state index in [0.29, 0.717) is 16.8 Å². The summed E-state index contributed by atoms with van der Waals surface area (Å²) in [5, 5.41) is 12.2. The molecule has 1 aromatic heterocycles. The van der Waals surface area contributed by atoms with Crippen LogP contribution in [0, 0.1) is 12.8 Å². The molecular formula is C23H28N4OS. The zero-order valence-corrected chi connectivity index (χ0v) is 18.0. The molecule has 0 saturated carbocycles. The molecule has 2 aromatic carbocycles. The largest absolute Gasteiger partial charge is 0.348 e. The first-order valence-electron chi connectivity index (χ1n) is 10.1. The lowest BCUT2D eigenvalue weighted by atomic mass is 9.89. The molecule has 0 aliphatic carbocycles. The van der Waals surface area contributed by atoms with E-state index in [2.05, 4.69) is 60.6 Å². The van der Waals surface area contributed by atoms with Gasteiger partial charge < -0.3 is 5.32 Å². The van der Waals surface area contributed by atoms with E-state index in [1.807, 2.05) is 34.9 Å². The average molecular weight is 409 g/mol. The number of nitrogens with zero attached hydrogens (tertiary/aromatic N) is 3. The Morgan fingerprint density at radius 1 is 1.07 bits per heavy atom. The van der Waals surface area contributed by atoms with Gasteiger partial charge in [0, 0.05) is 5.69 Å². The normalized spacial score (nSPS) is 12.1. The Morgan fingerprint density at radius 3 is 2.41 bits per heavy atom. The van der Waals surface area contributed by atoms with Gasteiger partial charge in [0.15, 0.2) is 5.16 Å². The van der Waals surface area contributed by atoms with E-state index >= 15 is 0 Å². The van der Waals surface area contributed by atoms with Gasteiger partial charge in [-0.2, -0.15) is 0 Å². The van der Waals surface area contributed by atoms with Gasteiger partial charge in [0.05, 0.1) is 11.8 Å². The van der Waals surface area contributed by atoms with Crippen LogP contribution in [0.2, 0.25) is 0 Å². The van der Waals surface area contributed by atoms with Crippen LogP contribution in [-0.2, 0) is 4.79 Å². The summed E-state index contributed by atoms with van der Waals surface area (Å²) in [6.45, 7) is 6.41. The molecule has 0 bridgehead atoms. The van der Waals surface area contributed by atoms with Crippen LogP contribution in [0.15, 0.2) is 66.1 Å². The number of aryl methyl sites for hydroxylation is 1. The predicted molar refractivity (Wildman–Crippen MR) is 118 cm³/mol.